The summed E-state index contributed by atoms with van der Waals surface area (Å²) in [4.78, 5) is 13.8. The van der Waals surface area contributed by atoms with Crippen LogP contribution in [0, 0.1) is 18.3 Å². The minimum atomic E-state index is -4.50. The van der Waals surface area contributed by atoms with E-state index in [4.69, 9.17) is 5.26 Å². The molecule has 0 fully saturated rings. The van der Waals surface area contributed by atoms with Crippen LogP contribution in [0.1, 0.15) is 15.3 Å². The van der Waals surface area contributed by atoms with Crippen LogP contribution in [0.2, 0.25) is 0 Å². The number of nitrogens with zero attached hydrogens (tertiary/aromatic N) is 1. The van der Waals surface area contributed by atoms with Crippen LogP contribution in [-0.2, 0) is 11.0 Å². The van der Waals surface area contributed by atoms with Crippen molar-refractivity contribution in [3.8, 4) is 6.07 Å². The van der Waals surface area contributed by atoms with E-state index in [0.717, 1.165) is 21.9 Å². The van der Waals surface area contributed by atoms with Gasteiger partial charge in [0.25, 0.3) is 5.91 Å². The number of halogens is 3. The molecule has 1 aromatic heterocycles. The quantitative estimate of drug-likeness (QED) is 0.657. The maximum Gasteiger partial charge on any atom is 0.416 e. The van der Waals surface area contributed by atoms with Gasteiger partial charge in [0, 0.05) is 15.4 Å². The Balaban J connectivity index is 2.21. The van der Waals surface area contributed by atoms with Crippen molar-refractivity contribution >= 4 is 29.0 Å². The number of carbonyl (C=O) groups is 1. The van der Waals surface area contributed by atoms with E-state index in [2.05, 4.69) is 5.32 Å². The normalized spacial score (nSPS) is 11.9. The molecule has 0 radical (unpaired) electrons. The third-order valence-electron chi connectivity index (χ3n) is 2.86. The number of anilines is 1. The lowest BCUT2D eigenvalue weighted by atomic mass is 10.1. The standard InChI is InChI=1S/C16H11F3N2OS/c1-10-5-6-14(23-10)7-11(9-20)15(22)21-13-4-2-3-12(8-13)16(17,18)19/h2-8H,1H3,(H,21,22). The van der Waals surface area contributed by atoms with Crippen molar-refractivity contribution in [1.82, 2.24) is 0 Å². The average Bonchev–Trinajstić information content (AvgIpc) is 2.89. The largest absolute Gasteiger partial charge is 0.416 e. The van der Waals surface area contributed by atoms with E-state index in [9.17, 15) is 18.0 Å². The van der Waals surface area contributed by atoms with Crippen LogP contribution in [0.15, 0.2) is 42.0 Å². The summed E-state index contributed by atoms with van der Waals surface area (Å²) in [5, 5.41) is 11.4. The first-order valence-electron chi connectivity index (χ1n) is 6.46. The molecule has 0 saturated carbocycles. The number of rotatable bonds is 3. The van der Waals surface area contributed by atoms with E-state index < -0.39 is 17.6 Å². The van der Waals surface area contributed by atoms with Gasteiger partial charge in [-0.3, -0.25) is 4.79 Å². The summed E-state index contributed by atoms with van der Waals surface area (Å²) in [5.41, 5.74) is -1.07. The van der Waals surface area contributed by atoms with Crippen LogP contribution in [-0.4, -0.2) is 5.91 Å². The zero-order valence-corrected chi connectivity index (χ0v) is 12.8. The van der Waals surface area contributed by atoms with Crippen molar-refractivity contribution in [2.75, 3.05) is 5.32 Å². The van der Waals surface area contributed by atoms with Gasteiger partial charge in [-0.1, -0.05) is 6.07 Å². The lowest BCUT2D eigenvalue weighted by Crippen LogP contribution is -2.14. The third kappa shape index (κ3) is 4.44. The number of alkyl halides is 3. The molecule has 1 heterocycles. The average molecular weight is 336 g/mol. The molecular formula is C16H11F3N2OS. The molecule has 2 aromatic rings. The van der Waals surface area contributed by atoms with E-state index in [1.807, 2.05) is 13.0 Å². The van der Waals surface area contributed by atoms with Crippen molar-refractivity contribution in [3.05, 3.63) is 57.3 Å². The number of nitriles is 1. The van der Waals surface area contributed by atoms with Gasteiger partial charge in [-0.15, -0.1) is 11.3 Å². The maximum atomic E-state index is 12.6. The molecule has 0 aliphatic rings. The summed E-state index contributed by atoms with van der Waals surface area (Å²) in [6.45, 7) is 1.89. The monoisotopic (exact) mass is 336 g/mol. The van der Waals surface area contributed by atoms with E-state index in [0.29, 0.717) is 0 Å². The van der Waals surface area contributed by atoms with Crippen molar-refractivity contribution < 1.29 is 18.0 Å². The molecule has 0 unspecified atom stereocenters. The maximum absolute atomic E-state index is 12.6. The van der Waals surface area contributed by atoms with Crippen molar-refractivity contribution in [2.24, 2.45) is 0 Å². The molecule has 7 heteroatoms. The zero-order chi connectivity index (χ0) is 17.0. The molecule has 0 atom stereocenters. The zero-order valence-electron chi connectivity index (χ0n) is 11.9. The lowest BCUT2D eigenvalue weighted by molar-refractivity contribution is -0.137. The second-order valence-electron chi connectivity index (χ2n) is 4.65. The van der Waals surface area contributed by atoms with Crippen LogP contribution in [0.25, 0.3) is 6.08 Å². The summed E-state index contributed by atoms with van der Waals surface area (Å²) in [6, 6.07) is 9.61. The first-order chi connectivity index (χ1) is 10.8. The van der Waals surface area contributed by atoms with Gasteiger partial charge in [-0.05, 0) is 43.3 Å². The van der Waals surface area contributed by atoms with E-state index in [1.165, 1.54) is 29.5 Å². The second-order valence-corrected chi connectivity index (χ2v) is 5.97. The highest BCUT2D eigenvalue weighted by atomic mass is 32.1. The number of nitrogens with one attached hydrogen (secondary N) is 1. The second kappa shape index (κ2) is 6.67. The molecule has 0 spiro atoms. The Hall–Kier alpha value is -2.59. The first kappa shape index (κ1) is 16.8. The highest BCUT2D eigenvalue weighted by Crippen LogP contribution is 2.30. The number of amides is 1. The Bertz CT molecular complexity index is 800. The number of hydrogen-bond donors (Lipinski definition) is 1. The van der Waals surface area contributed by atoms with E-state index >= 15 is 0 Å². The molecular weight excluding hydrogens is 325 g/mol. The Kier molecular flexibility index (Phi) is 4.86. The van der Waals surface area contributed by atoms with Crippen molar-refractivity contribution in [3.63, 3.8) is 0 Å². The van der Waals surface area contributed by atoms with Crippen LogP contribution in [0.4, 0.5) is 18.9 Å². The van der Waals surface area contributed by atoms with Crippen LogP contribution < -0.4 is 5.32 Å². The highest BCUT2D eigenvalue weighted by Gasteiger charge is 2.30. The molecule has 0 aliphatic heterocycles. The minimum Gasteiger partial charge on any atom is -0.321 e. The molecule has 1 N–H and O–H groups in total. The number of aryl methyl sites for hydroxylation is 1. The Labute approximate surface area is 134 Å². The Morgan fingerprint density at radius 2 is 2.04 bits per heavy atom. The Morgan fingerprint density at radius 1 is 1.30 bits per heavy atom. The fourth-order valence-corrected chi connectivity index (χ4v) is 2.61. The van der Waals surface area contributed by atoms with Crippen molar-refractivity contribution in [2.45, 2.75) is 13.1 Å². The summed E-state index contributed by atoms with van der Waals surface area (Å²) >= 11 is 1.40. The van der Waals surface area contributed by atoms with E-state index in [1.54, 1.807) is 12.1 Å². The molecule has 0 saturated heterocycles. The molecule has 0 bridgehead atoms. The van der Waals surface area contributed by atoms with Gasteiger partial charge in [-0.2, -0.15) is 18.4 Å². The number of hydrogen-bond acceptors (Lipinski definition) is 3. The minimum absolute atomic E-state index is 0.0201. The van der Waals surface area contributed by atoms with Gasteiger partial charge in [0.05, 0.1) is 5.56 Å². The van der Waals surface area contributed by atoms with Gasteiger partial charge < -0.3 is 5.32 Å². The van der Waals surface area contributed by atoms with Crippen LogP contribution >= 0.6 is 11.3 Å². The SMILES string of the molecule is Cc1ccc(C=C(C#N)C(=O)Nc2cccc(C(F)(F)F)c2)s1. The third-order valence-corrected chi connectivity index (χ3v) is 3.81. The van der Waals surface area contributed by atoms with Gasteiger partial charge >= 0.3 is 6.18 Å². The van der Waals surface area contributed by atoms with Gasteiger partial charge in [0.15, 0.2) is 0 Å². The van der Waals surface area contributed by atoms with Gasteiger partial charge in [-0.25, -0.2) is 0 Å². The summed E-state index contributed by atoms with van der Waals surface area (Å²) in [5.74, 6) is -0.752. The van der Waals surface area contributed by atoms with Gasteiger partial charge in [0.2, 0.25) is 0 Å². The predicted molar refractivity (Wildman–Crippen MR) is 82.7 cm³/mol. The topological polar surface area (TPSA) is 52.9 Å². The van der Waals surface area contributed by atoms with Crippen molar-refractivity contribution in [1.29, 1.82) is 5.26 Å². The fraction of sp³-hybridized carbons (Fsp3) is 0.125. The summed E-state index contributed by atoms with van der Waals surface area (Å²) < 4.78 is 37.9. The smallest absolute Gasteiger partial charge is 0.321 e. The molecule has 118 valence electrons. The predicted octanol–water partition coefficient (Wildman–Crippen LogP) is 4.62. The number of carbonyl (C=O) groups excluding carboxylic acids is 1. The summed E-state index contributed by atoms with van der Waals surface area (Å²) in [7, 11) is 0. The van der Waals surface area contributed by atoms with E-state index in [-0.39, 0.29) is 11.3 Å². The molecule has 2 rings (SSSR count). The van der Waals surface area contributed by atoms with Crippen LogP contribution in [0.3, 0.4) is 0 Å². The number of benzene rings is 1. The van der Waals surface area contributed by atoms with Gasteiger partial charge in [0.1, 0.15) is 11.6 Å². The molecule has 1 aromatic carbocycles. The highest BCUT2D eigenvalue weighted by molar-refractivity contribution is 7.12. The Morgan fingerprint density at radius 3 is 2.61 bits per heavy atom. The summed E-state index contributed by atoms with van der Waals surface area (Å²) in [6.07, 6.45) is -3.09. The number of thiophene rings is 1. The lowest BCUT2D eigenvalue weighted by Gasteiger charge is -2.09. The first-order valence-corrected chi connectivity index (χ1v) is 7.28. The molecule has 3 nitrogen and oxygen atoms in total. The molecule has 0 aliphatic carbocycles. The van der Waals surface area contributed by atoms with Crippen LogP contribution in [0.5, 0.6) is 0 Å². The molecule has 1 amide bonds. The molecule has 23 heavy (non-hydrogen) atoms. The fourth-order valence-electron chi connectivity index (χ4n) is 1.79.